The molecule has 0 saturated carbocycles. The van der Waals surface area contributed by atoms with E-state index in [2.05, 4.69) is 5.32 Å². The van der Waals surface area contributed by atoms with Crippen LogP contribution in [0.25, 0.3) is 0 Å². The zero-order chi connectivity index (χ0) is 11.0. The lowest BCUT2D eigenvalue weighted by Gasteiger charge is -2.06. The van der Waals surface area contributed by atoms with Crippen LogP contribution in [0.4, 0.5) is 5.69 Å². The van der Waals surface area contributed by atoms with Gasteiger partial charge in [-0.3, -0.25) is 9.59 Å². The highest BCUT2D eigenvalue weighted by molar-refractivity contribution is 6.31. The van der Waals surface area contributed by atoms with Crippen molar-refractivity contribution in [2.45, 2.75) is 13.3 Å². The minimum Gasteiger partial charge on any atom is -0.325 e. The minimum atomic E-state index is -0.288. The molecule has 0 radical (unpaired) electrons. The van der Waals surface area contributed by atoms with Gasteiger partial charge >= 0.3 is 0 Å². The van der Waals surface area contributed by atoms with Gasteiger partial charge in [0.2, 0.25) is 5.91 Å². The fourth-order valence-corrected chi connectivity index (χ4v) is 1.77. The summed E-state index contributed by atoms with van der Waals surface area (Å²) in [5, 5.41) is 3.21. The number of rotatable bonds is 0. The van der Waals surface area contributed by atoms with Crippen LogP contribution in [0.1, 0.15) is 23.7 Å². The maximum absolute atomic E-state index is 11.7. The number of anilines is 1. The van der Waals surface area contributed by atoms with Gasteiger partial charge in [0.25, 0.3) is 0 Å². The van der Waals surface area contributed by atoms with Crippen molar-refractivity contribution in [1.29, 1.82) is 0 Å². The fourth-order valence-electron chi connectivity index (χ4n) is 1.60. The Kier molecular flexibility index (Phi) is 2.49. The zero-order valence-corrected chi connectivity index (χ0v) is 8.97. The summed E-state index contributed by atoms with van der Waals surface area (Å²) < 4.78 is 0. The first-order valence-corrected chi connectivity index (χ1v) is 5.09. The number of carbonyl (C=O) groups excluding carboxylic acids is 2. The van der Waals surface area contributed by atoms with Crippen LogP contribution in [0, 0.1) is 5.92 Å². The standard InChI is InChI=1S/C11H10ClNO2/c1-6-4-10(14)8-3-2-7(12)5-9(8)13-11(6)15/h2-3,5-6H,4H2,1H3,(H,13,15). The molecular weight excluding hydrogens is 214 g/mol. The van der Waals surface area contributed by atoms with Gasteiger partial charge in [-0.15, -0.1) is 0 Å². The summed E-state index contributed by atoms with van der Waals surface area (Å²) in [6, 6.07) is 4.91. The summed E-state index contributed by atoms with van der Waals surface area (Å²) in [7, 11) is 0. The molecule has 1 unspecified atom stereocenters. The average molecular weight is 224 g/mol. The van der Waals surface area contributed by atoms with Crippen molar-refractivity contribution in [1.82, 2.24) is 0 Å². The first-order chi connectivity index (χ1) is 7.08. The van der Waals surface area contributed by atoms with Crippen LogP contribution in [0.2, 0.25) is 5.02 Å². The SMILES string of the molecule is CC1CC(=O)c2ccc(Cl)cc2NC1=O. The summed E-state index contributed by atoms with van der Waals surface area (Å²) in [6.07, 6.45) is 0.250. The predicted molar refractivity (Wildman–Crippen MR) is 58.2 cm³/mol. The second kappa shape index (κ2) is 3.66. The quantitative estimate of drug-likeness (QED) is 0.735. The lowest BCUT2D eigenvalue weighted by Crippen LogP contribution is -2.18. The summed E-state index contributed by atoms with van der Waals surface area (Å²) in [4.78, 5) is 23.3. The Morgan fingerprint density at radius 1 is 1.40 bits per heavy atom. The highest BCUT2D eigenvalue weighted by atomic mass is 35.5. The normalized spacial score (nSPS) is 20.5. The van der Waals surface area contributed by atoms with Crippen LogP contribution in [0.15, 0.2) is 18.2 Å². The van der Waals surface area contributed by atoms with Crippen molar-refractivity contribution >= 4 is 29.0 Å². The Hall–Kier alpha value is -1.35. The van der Waals surface area contributed by atoms with Crippen molar-refractivity contribution < 1.29 is 9.59 Å². The maximum Gasteiger partial charge on any atom is 0.227 e. The molecule has 2 rings (SSSR count). The molecule has 1 aromatic rings. The summed E-state index contributed by atoms with van der Waals surface area (Å²) >= 11 is 5.80. The average Bonchev–Trinajstić information content (AvgIpc) is 2.25. The summed E-state index contributed by atoms with van der Waals surface area (Å²) in [5.41, 5.74) is 1.05. The molecule has 0 spiro atoms. The van der Waals surface area contributed by atoms with Crippen LogP contribution in [-0.2, 0) is 4.79 Å². The van der Waals surface area contributed by atoms with Crippen LogP contribution in [-0.4, -0.2) is 11.7 Å². The van der Waals surface area contributed by atoms with Gasteiger partial charge in [0.05, 0.1) is 5.69 Å². The predicted octanol–water partition coefficient (Wildman–Crippen LogP) is 2.50. The number of hydrogen-bond acceptors (Lipinski definition) is 2. The highest BCUT2D eigenvalue weighted by Crippen LogP contribution is 2.27. The summed E-state index contributed by atoms with van der Waals surface area (Å²) in [5.74, 6) is -0.444. The van der Waals surface area contributed by atoms with Crippen molar-refractivity contribution in [3.05, 3.63) is 28.8 Å². The Morgan fingerprint density at radius 2 is 2.13 bits per heavy atom. The third-order valence-electron chi connectivity index (χ3n) is 2.48. The Balaban J connectivity index is 2.51. The molecule has 0 fully saturated rings. The van der Waals surface area contributed by atoms with Crippen molar-refractivity contribution in [3.63, 3.8) is 0 Å². The van der Waals surface area contributed by atoms with Crippen LogP contribution >= 0.6 is 11.6 Å². The number of nitrogens with one attached hydrogen (secondary N) is 1. The van der Waals surface area contributed by atoms with Crippen LogP contribution in [0.3, 0.4) is 0 Å². The molecule has 1 N–H and O–H groups in total. The van der Waals surface area contributed by atoms with Gasteiger partial charge in [0.1, 0.15) is 0 Å². The van der Waals surface area contributed by atoms with E-state index in [1.807, 2.05) is 0 Å². The third-order valence-corrected chi connectivity index (χ3v) is 2.71. The van der Waals surface area contributed by atoms with Gasteiger partial charge < -0.3 is 5.32 Å². The molecule has 78 valence electrons. The van der Waals surface area contributed by atoms with E-state index in [-0.39, 0.29) is 24.0 Å². The fraction of sp³-hybridized carbons (Fsp3) is 0.273. The lowest BCUT2D eigenvalue weighted by molar-refractivity contribution is -0.119. The first kappa shape index (κ1) is 10.2. The van der Waals surface area contributed by atoms with E-state index in [1.54, 1.807) is 25.1 Å². The molecule has 1 amide bonds. The molecule has 1 aliphatic heterocycles. The minimum absolute atomic E-state index is 0.0208. The van der Waals surface area contributed by atoms with E-state index in [9.17, 15) is 9.59 Å². The van der Waals surface area contributed by atoms with Gasteiger partial charge in [0.15, 0.2) is 5.78 Å². The maximum atomic E-state index is 11.7. The van der Waals surface area contributed by atoms with Gasteiger partial charge in [-0.05, 0) is 18.2 Å². The number of ketones is 1. The number of amides is 1. The van der Waals surface area contributed by atoms with Crippen molar-refractivity contribution in [2.75, 3.05) is 5.32 Å². The van der Waals surface area contributed by atoms with E-state index in [1.165, 1.54) is 0 Å². The lowest BCUT2D eigenvalue weighted by atomic mass is 10.0. The van der Waals surface area contributed by atoms with E-state index in [0.717, 1.165) is 0 Å². The van der Waals surface area contributed by atoms with Crippen molar-refractivity contribution in [2.24, 2.45) is 5.92 Å². The highest BCUT2D eigenvalue weighted by Gasteiger charge is 2.25. The van der Waals surface area contributed by atoms with E-state index in [0.29, 0.717) is 16.3 Å². The van der Waals surface area contributed by atoms with Gasteiger partial charge in [-0.25, -0.2) is 0 Å². The zero-order valence-electron chi connectivity index (χ0n) is 8.21. The second-order valence-electron chi connectivity index (χ2n) is 3.71. The van der Waals surface area contributed by atoms with Gasteiger partial charge in [-0.2, -0.15) is 0 Å². The number of fused-ring (bicyclic) bond motifs is 1. The molecule has 15 heavy (non-hydrogen) atoms. The smallest absolute Gasteiger partial charge is 0.227 e. The molecular formula is C11H10ClNO2. The molecule has 1 aliphatic rings. The monoisotopic (exact) mass is 223 g/mol. The molecule has 4 heteroatoms. The number of benzene rings is 1. The topological polar surface area (TPSA) is 46.2 Å². The number of Topliss-reactive ketones (excluding diaryl/α,β-unsaturated/α-hetero) is 1. The molecule has 1 heterocycles. The molecule has 1 aromatic carbocycles. The first-order valence-electron chi connectivity index (χ1n) is 4.71. The number of halogens is 1. The molecule has 0 bridgehead atoms. The van der Waals surface area contributed by atoms with E-state index < -0.39 is 0 Å². The second-order valence-corrected chi connectivity index (χ2v) is 4.14. The summed E-state index contributed by atoms with van der Waals surface area (Å²) in [6.45, 7) is 1.74. The van der Waals surface area contributed by atoms with E-state index in [4.69, 9.17) is 11.6 Å². The van der Waals surface area contributed by atoms with Gasteiger partial charge in [-0.1, -0.05) is 18.5 Å². The Morgan fingerprint density at radius 3 is 2.87 bits per heavy atom. The Bertz CT molecular complexity index is 442. The van der Waals surface area contributed by atoms with E-state index >= 15 is 0 Å². The van der Waals surface area contributed by atoms with Crippen LogP contribution in [0.5, 0.6) is 0 Å². The van der Waals surface area contributed by atoms with Crippen LogP contribution < -0.4 is 5.32 Å². The number of carbonyl (C=O) groups is 2. The molecule has 3 nitrogen and oxygen atoms in total. The Labute approximate surface area is 92.4 Å². The molecule has 0 aromatic heterocycles. The van der Waals surface area contributed by atoms with Gasteiger partial charge in [0, 0.05) is 22.9 Å². The molecule has 0 aliphatic carbocycles. The third kappa shape index (κ3) is 1.88. The molecule has 1 atom stereocenters. The largest absolute Gasteiger partial charge is 0.325 e. The number of hydrogen-bond donors (Lipinski definition) is 1. The molecule has 0 saturated heterocycles. The van der Waals surface area contributed by atoms with Crippen molar-refractivity contribution in [3.8, 4) is 0 Å².